The van der Waals surface area contributed by atoms with Gasteiger partial charge in [0.1, 0.15) is 29.5 Å². The summed E-state index contributed by atoms with van der Waals surface area (Å²) in [5.74, 6) is -5.34. The maximum Gasteiger partial charge on any atom is 0.408 e. The van der Waals surface area contributed by atoms with Crippen LogP contribution in [-0.4, -0.2) is 89.2 Å². The zero-order valence-corrected chi connectivity index (χ0v) is 35.7. The number of aromatic amines is 1. The Hall–Kier alpha value is -4.35. The van der Waals surface area contributed by atoms with Crippen molar-refractivity contribution in [3.8, 4) is 5.75 Å². The molecule has 4 N–H and O–H groups in total. The number of carbonyl (C=O) groups excluding carboxylic acids is 4. The van der Waals surface area contributed by atoms with E-state index < -0.39 is 91.3 Å². The number of unbranched alkanes of at least 4 members (excludes halogenated alkanes) is 1. The number of rotatable bonds is 17. The molecule has 6 rings (SSSR count). The number of alkyl carbamates (subject to hydrolysis) is 1. The van der Waals surface area contributed by atoms with Gasteiger partial charge in [-0.05, 0) is 87.2 Å². The molecule has 2 aromatic rings. The van der Waals surface area contributed by atoms with E-state index in [2.05, 4.69) is 25.3 Å². The van der Waals surface area contributed by atoms with Crippen molar-refractivity contribution >= 4 is 44.9 Å². The van der Waals surface area contributed by atoms with E-state index in [1.165, 1.54) is 24.1 Å². The number of H-pyrrole nitrogens is 1. The van der Waals surface area contributed by atoms with Crippen molar-refractivity contribution in [2.75, 3.05) is 13.7 Å². The van der Waals surface area contributed by atoms with E-state index in [-0.39, 0.29) is 42.7 Å². The number of hydrogen-bond acceptors (Lipinski definition) is 10. The quantitative estimate of drug-likeness (QED) is 0.156. The number of methoxy groups -OCH3 is 1. The van der Waals surface area contributed by atoms with Gasteiger partial charge < -0.3 is 30.0 Å². The number of sulfonamides is 1. The van der Waals surface area contributed by atoms with Gasteiger partial charge in [-0.2, -0.15) is 8.78 Å². The largest absolute Gasteiger partial charge is 0.497 e. The number of aromatic nitrogens is 2. The standard InChI is InChI=1S/C41H58F2N6O9S/c1-8-23-15-19-49(30(23)33(50)47-40(22-25(40)9-2)36(53)48-59(55,56)39(6)17-18-39)35(52)32(38(3,4)5)46-37(54)58-29-20-24(29)12-10-11-16-41(42,43)31-34(51)45-28-21-26(57-7)13-14-27(28)44-31/h13-14,21,23-25,29-30,32H,8-12,15-20,22H2,1-7H3,(H,45,51)(H,46,54)(H,47,50)(H,48,53)/t23-,24-,25?,29?,30+,32-,40?/m1/s1. The fraction of sp³-hybridized carbons (Fsp3) is 0.707. The fourth-order valence-corrected chi connectivity index (χ4v) is 9.67. The van der Waals surface area contributed by atoms with Crippen LogP contribution in [0.5, 0.6) is 5.75 Å². The highest BCUT2D eigenvalue weighted by atomic mass is 32.2. The van der Waals surface area contributed by atoms with E-state index in [0.717, 1.165) is 0 Å². The number of nitrogens with one attached hydrogen (secondary N) is 4. The number of ether oxygens (including phenoxy) is 2. The van der Waals surface area contributed by atoms with E-state index >= 15 is 8.78 Å². The van der Waals surface area contributed by atoms with Gasteiger partial charge in [-0.25, -0.2) is 18.2 Å². The van der Waals surface area contributed by atoms with Crippen molar-refractivity contribution in [3.63, 3.8) is 0 Å². The normalized spacial score (nSPS) is 26.5. The highest BCUT2D eigenvalue weighted by Gasteiger charge is 2.63. The minimum absolute atomic E-state index is 0.0478. The van der Waals surface area contributed by atoms with Crippen LogP contribution in [-0.2, 0) is 35.1 Å². The average Bonchev–Trinajstić information content (AvgIpc) is 4.13. The third-order valence-corrected chi connectivity index (χ3v) is 15.0. The summed E-state index contributed by atoms with van der Waals surface area (Å²) in [7, 11) is -2.49. The molecule has 4 fully saturated rings. The van der Waals surface area contributed by atoms with Crippen LogP contribution in [0.2, 0.25) is 0 Å². The van der Waals surface area contributed by atoms with Crippen LogP contribution in [0.25, 0.3) is 11.0 Å². The van der Waals surface area contributed by atoms with E-state index in [1.807, 2.05) is 13.8 Å². The van der Waals surface area contributed by atoms with Gasteiger partial charge in [0.15, 0.2) is 5.69 Å². The molecule has 15 nitrogen and oxygen atoms in total. The summed E-state index contributed by atoms with van der Waals surface area (Å²) in [6.45, 7) is 10.9. The number of amides is 4. The summed E-state index contributed by atoms with van der Waals surface area (Å²) in [6, 6.07) is 2.55. The molecule has 59 heavy (non-hydrogen) atoms. The van der Waals surface area contributed by atoms with Gasteiger partial charge in [0, 0.05) is 19.0 Å². The molecular formula is C41H58F2N6O9S. The Morgan fingerprint density at radius 3 is 2.41 bits per heavy atom. The first-order valence-corrected chi connectivity index (χ1v) is 22.2. The molecule has 0 bridgehead atoms. The molecule has 3 unspecified atom stereocenters. The molecule has 18 heteroatoms. The molecule has 3 saturated carbocycles. The average molecular weight is 849 g/mol. The van der Waals surface area contributed by atoms with Crippen molar-refractivity contribution in [3.05, 3.63) is 34.2 Å². The minimum atomic E-state index is -3.94. The number of halogens is 2. The topological polar surface area (TPSA) is 206 Å². The molecule has 1 aromatic carbocycles. The number of carbonyl (C=O) groups is 4. The number of fused-ring (bicyclic) bond motifs is 1. The second-order valence-corrected chi connectivity index (χ2v) is 20.4. The number of likely N-dealkylation sites (tertiary alicyclic amines) is 1. The van der Waals surface area contributed by atoms with E-state index in [1.54, 1.807) is 33.8 Å². The van der Waals surface area contributed by atoms with Crippen LogP contribution in [0.1, 0.15) is 118 Å². The Labute approximate surface area is 343 Å². The Balaban J connectivity index is 1.02. The molecule has 7 atom stereocenters. The van der Waals surface area contributed by atoms with Crippen LogP contribution >= 0.6 is 0 Å². The van der Waals surface area contributed by atoms with E-state index in [0.29, 0.717) is 62.6 Å². The Kier molecular flexibility index (Phi) is 12.2. The number of benzene rings is 1. The van der Waals surface area contributed by atoms with Crippen molar-refractivity contribution in [1.29, 1.82) is 0 Å². The Bertz CT molecular complexity index is 2140. The summed E-state index contributed by atoms with van der Waals surface area (Å²) in [6.07, 6.45) is 2.50. The Morgan fingerprint density at radius 2 is 1.80 bits per heavy atom. The molecule has 326 valence electrons. The van der Waals surface area contributed by atoms with Gasteiger partial charge in [-0.1, -0.05) is 53.9 Å². The molecular weight excluding hydrogens is 791 g/mol. The smallest absolute Gasteiger partial charge is 0.408 e. The molecule has 4 aliphatic rings. The lowest BCUT2D eigenvalue weighted by atomic mass is 9.85. The van der Waals surface area contributed by atoms with Gasteiger partial charge in [0.05, 0.1) is 22.9 Å². The molecule has 1 saturated heterocycles. The van der Waals surface area contributed by atoms with Gasteiger partial charge >= 0.3 is 6.09 Å². The monoisotopic (exact) mass is 848 g/mol. The van der Waals surface area contributed by atoms with Crippen molar-refractivity contribution < 1.29 is 45.9 Å². The van der Waals surface area contributed by atoms with Crippen LogP contribution < -0.4 is 25.7 Å². The third kappa shape index (κ3) is 9.21. The van der Waals surface area contributed by atoms with Crippen LogP contribution in [0.3, 0.4) is 0 Å². The summed E-state index contributed by atoms with van der Waals surface area (Å²) < 4.78 is 68.1. The predicted molar refractivity (Wildman–Crippen MR) is 214 cm³/mol. The molecule has 0 spiro atoms. The predicted octanol–water partition coefficient (Wildman–Crippen LogP) is 5.02. The molecule has 4 amide bonds. The molecule has 0 radical (unpaired) electrons. The number of nitrogens with zero attached hydrogens (tertiary/aromatic N) is 2. The zero-order chi connectivity index (χ0) is 43.3. The molecule has 1 aliphatic heterocycles. The lowest BCUT2D eigenvalue weighted by Crippen LogP contribution is -2.61. The second-order valence-electron chi connectivity index (χ2n) is 18.2. The molecule has 3 aliphatic carbocycles. The van der Waals surface area contributed by atoms with Gasteiger partial charge in [-0.3, -0.25) is 23.9 Å². The van der Waals surface area contributed by atoms with Crippen molar-refractivity contribution in [2.24, 2.45) is 23.2 Å². The first kappa shape index (κ1) is 44.2. The van der Waals surface area contributed by atoms with Crippen LogP contribution in [0.4, 0.5) is 13.6 Å². The number of hydrogen-bond donors (Lipinski definition) is 4. The fourth-order valence-electron chi connectivity index (χ4n) is 8.36. The molecule has 2 heterocycles. The van der Waals surface area contributed by atoms with Crippen LogP contribution in [0, 0.1) is 23.2 Å². The maximum absolute atomic E-state index is 15.1. The number of alkyl halides is 2. The first-order valence-electron chi connectivity index (χ1n) is 20.7. The van der Waals surface area contributed by atoms with E-state index in [4.69, 9.17) is 9.47 Å². The highest BCUT2D eigenvalue weighted by molar-refractivity contribution is 7.91. The zero-order valence-electron chi connectivity index (χ0n) is 34.9. The van der Waals surface area contributed by atoms with E-state index in [9.17, 15) is 32.4 Å². The highest BCUT2D eigenvalue weighted by Crippen LogP contribution is 2.48. The third-order valence-electron chi connectivity index (χ3n) is 12.8. The van der Waals surface area contributed by atoms with Crippen molar-refractivity contribution in [2.45, 2.75) is 147 Å². The van der Waals surface area contributed by atoms with Crippen molar-refractivity contribution in [1.82, 2.24) is 30.2 Å². The minimum Gasteiger partial charge on any atom is -0.497 e. The Morgan fingerprint density at radius 1 is 1.08 bits per heavy atom. The molecule has 1 aromatic heterocycles. The maximum atomic E-state index is 15.1. The van der Waals surface area contributed by atoms with Gasteiger partial charge in [0.2, 0.25) is 21.8 Å². The van der Waals surface area contributed by atoms with Gasteiger partial charge in [-0.15, -0.1) is 0 Å². The summed E-state index contributed by atoms with van der Waals surface area (Å²) in [5, 5.41) is 5.60. The summed E-state index contributed by atoms with van der Waals surface area (Å²) >= 11 is 0. The van der Waals surface area contributed by atoms with Gasteiger partial charge in [0.25, 0.3) is 17.4 Å². The SMILES string of the molecule is CCC1CC1(NC(=O)[C@@H]1[C@H](CC)CCN1C(=O)[C@@H](NC(=O)OC1C[C@H]1CCCCC(F)(F)c1nc2ccc(OC)cc2[nH]c1=O)C(C)(C)C)C(=O)NS(=O)(=O)C1(C)CC1. The first-order chi connectivity index (χ1) is 27.6. The second kappa shape index (κ2) is 16.3. The van der Waals surface area contributed by atoms with Crippen LogP contribution in [0.15, 0.2) is 23.0 Å². The summed E-state index contributed by atoms with van der Waals surface area (Å²) in [4.78, 5) is 75.5. The lowest BCUT2D eigenvalue weighted by molar-refractivity contribution is -0.143. The lowest BCUT2D eigenvalue weighted by Gasteiger charge is -2.36. The summed E-state index contributed by atoms with van der Waals surface area (Å²) in [5.41, 5.74) is -3.51.